The molecule has 0 spiro atoms. The number of nitrogens with zero attached hydrogens (tertiary/aromatic N) is 3. The van der Waals surface area contributed by atoms with Gasteiger partial charge in [0.15, 0.2) is 0 Å². The minimum Gasteiger partial charge on any atom is -0.424 e. The van der Waals surface area contributed by atoms with Crippen LogP contribution in [0.3, 0.4) is 0 Å². The second-order valence-corrected chi connectivity index (χ2v) is 5.90. The van der Waals surface area contributed by atoms with Crippen LogP contribution in [0.25, 0.3) is 17.0 Å². The first-order chi connectivity index (χ1) is 13.8. The molecule has 6 heteroatoms. The highest BCUT2D eigenvalue weighted by molar-refractivity contribution is 6.03. The van der Waals surface area contributed by atoms with Crippen LogP contribution >= 0.6 is 0 Å². The van der Waals surface area contributed by atoms with E-state index in [0.717, 1.165) is 16.5 Å². The Labute approximate surface area is 161 Å². The first-order valence-electron chi connectivity index (χ1n) is 8.66. The molecule has 0 bridgehead atoms. The van der Waals surface area contributed by atoms with E-state index in [9.17, 15) is 4.79 Å². The molecule has 2 aromatic carbocycles. The van der Waals surface area contributed by atoms with Crippen molar-refractivity contribution in [2.75, 3.05) is 5.32 Å². The highest BCUT2D eigenvalue weighted by atomic mass is 16.5. The summed E-state index contributed by atoms with van der Waals surface area (Å²) >= 11 is 0. The molecular weight excluding hydrogens is 352 g/mol. The van der Waals surface area contributed by atoms with Gasteiger partial charge in [0, 0.05) is 41.3 Å². The Morgan fingerprint density at radius 2 is 1.61 bits per heavy atom. The van der Waals surface area contributed by atoms with E-state index in [4.69, 9.17) is 4.74 Å². The fraction of sp³-hybridized carbons (Fsp3) is 0. The molecule has 0 aliphatic rings. The van der Waals surface area contributed by atoms with Crippen LogP contribution in [0.1, 0.15) is 5.56 Å². The van der Waals surface area contributed by atoms with Crippen molar-refractivity contribution in [1.29, 1.82) is 0 Å². The number of para-hydroxylation sites is 1. The van der Waals surface area contributed by atoms with Crippen LogP contribution in [-0.4, -0.2) is 20.9 Å². The molecule has 1 amide bonds. The maximum Gasteiger partial charge on any atom is 0.321 e. The quantitative estimate of drug-likeness (QED) is 0.526. The number of benzene rings is 2. The van der Waals surface area contributed by atoms with Crippen LogP contribution in [0, 0.1) is 0 Å². The second kappa shape index (κ2) is 8.09. The third kappa shape index (κ3) is 4.19. The lowest BCUT2D eigenvalue weighted by atomic mass is 10.1. The van der Waals surface area contributed by atoms with E-state index in [2.05, 4.69) is 20.3 Å². The fourth-order valence-corrected chi connectivity index (χ4v) is 2.66. The molecule has 2 aromatic heterocycles. The zero-order chi connectivity index (χ0) is 19.2. The fourth-order valence-electron chi connectivity index (χ4n) is 2.66. The van der Waals surface area contributed by atoms with Crippen LogP contribution in [0.5, 0.6) is 11.8 Å². The summed E-state index contributed by atoms with van der Waals surface area (Å²) in [5, 5.41) is 3.85. The number of ether oxygens (including phenoxy) is 1. The molecule has 0 aliphatic heterocycles. The third-order valence-corrected chi connectivity index (χ3v) is 3.95. The summed E-state index contributed by atoms with van der Waals surface area (Å²) in [5.74, 6) is 0.356. The van der Waals surface area contributed by atoms with Crippen LogP contribution in [0.15, 0.2) is 85.3 Å². The standard InChI is InChI=1S/C22H16N4O2/c27-20(12-7-17-5-1-4-16-6-2-13-23-21(16)17)26-18-8-10-19(11-9-18)28-22-24-14-3-15-25-22/h1-15H,(H,26,27)/b12-7+. The average Bonchev–Trinajstić information content (AvgIpc) is 2.74. The highest BCUT2D eigenvalue weighted by Crippen LogP contribution is 2.20. The van der Waals surface area contributed by atoms with Gasteiger partial charge in [-0.2, -0.15) is 0 Å². The first-order valence-corrected chi connectivity index (χ1v) is 8.66. The summed E-state index contributed by atoms with van der Waals surface area (Å²) in [6.07, 6.45) is 8.20. The molecule has 136 valence electrons. The number of hydrogen-bond donors (Lipinski definition) is 1. The normalized spacial score (nSPS) is 10.9. The van der Waals surface area contributed by atoms with E-state index in [0.29, 0.717) is 11.4 Å². The highest BCUT2D eigenvalue weighted by Gasteiger charge is 2.03. The maximum absolute atomic E-state index is 12.2. The molecule has 0 fully saturated rings. The molecule has 0 unspecified atom stereocenters. The number of fused-ring (bicyclic) bond motifs is 1. The van der Waals surface area contributed by atoms with Crippen LogP contribution in [0.4, 0.5) is 5.69 Å². The Morgan fingerprint density at radius 3 is 2.43 bits per heavy atom. The number of hydrogen-bond acceptors (Lipinski definition) is 5. The van der Waals surface area contributed by atoms with Crippen LogP contribution in [-0.2, 0) is 4.79 Å². The Bertz CT molecular complexity index is 1120. The number of anilines is 1. The van der Waals surface area contributed by atoms with Crippen molar-refractivity contribution in [3.8, 4) is 11.8 Å². The van der Waals surface area contributed by atoms with Gasteiger partial charge in [0.25, 0.3) is 0 Å². The van der Waals surface area contributed by atoms with Crippen LogP contribution < -0.4 is 10.1 Å². The predicted molar refractivity (Wildman–Crippen MR) is 108 cm³/mol. The molecule has 4 aromatic rings. The van der Waals surface area contributed by atoms with Gasteiger partial charge in [0.2, 0.25) is 5.91 Å². The van der Waals surface area contributed by atoms with Crippen molar-refractivity contribution in [1.82, 2.24) is 15.0 Å². The Balaban J connectivity index is 1.41. The predicted octanol–water partition coefficient (Wildman–Crippen LogP) is 4.47. The number of aromatic nitrogens is 3. The van der Waals surface area contributed by atoms with Gasteiger partial charge in [-0.15, -0.1) is 0 Å². The zero-order valence-electron chi connectivity index (χ0n) is 14.8. The molecule has 0 aliphatic carbocycles. The SMILES string of the molecule is O=C(/C=C/c1cccc2cccnc12)Nc1ccc(Oc2ncccn2)cc1. The van der Waals surface area contributed by atoms with E-state index in [-0.39, 0.29) is 11.9 Å². The topological polar surface area (TPSA) is 77.0 Å². The number of amides is 1. The monoisotopic (exact) mass is 368 g/mol. The number of pyridine rings is 1. The molecule has 6 nitrogen and oxygen atoms in total. The lowest BCUT2D eigenvalue weighted by Crippen LogP contribution is -2.07. The van der Waals surface area contributed by atoms with Gasteiger partial charge >= 0.3 is 6.01 Å². The lowest BCUT2D eigenvalue weighted by Gasteiger charge is -2.05. The molecule has 1 N–H and O–H groups in total. The molecular formula is C22H16N4O2. The van der Waals surface area contributed by atoms with Gasteiger partial charge in [-0.1, -0.05) is 24.3 Å². The van der Waals surface area contributed by atoms with Gasteiger partial charge in [0.1, 0.15) is 5.75 Å². The van der Waals surface area contributed by atoms with Crippen molar-refractivity contribution in [2.45, 2.75) is 0 Å². The maximum atomic E-state index is 12.2. The molecule has 0 atom stereocenters. The molecule has 4 rings (SSSR count). The van der Waals surface area contributed by atoms with Gasteiger partial charge in [-0.25, -0.2) is 9.97 Å². The van der Waals surface area contributed by atoms with E-state index >= 15 is 0 Å². The summed E-state index contributed by atoms with van der Waals surface area (Å²) < 4.78 is 5.53. The van der Waals surface area contributed by atoms with Crippen molar-refractivity contribution in [3.05, 3.63) is 90.9 Å². The van der Waals surface area contributed by atoms with Crippen LogP contribution in [0.2, 0.25) is 0 Å². The van der Waals surface area contributed by atoms with Gasteiger partial charge in [0.05, 0.1) is 5.52 Å². The smallest absolute Gasteiger partial charge is 0.321 e. The van der Waals surface area contributed by atoms with Crippen molar-refractivity contribution in [3.63, 3.8) is 0 Å². The molecule has 28 heavy (non-hydrogen) atoms. The summed E-state index contributed by atoms with van der Waals surface area (Å²) in [6, 6.07) is 18.7. The zero-order valence-corrected chi connectivity index (χ0v) is 14.8. The Morgan fingerprint density at radius 1 is 0.857 bits per heavy atom. The molecule has 0 radical (unpaired) electrons. The summed E-state index contributed by atoms with van der Waals surface area (Å²) in [4.78, 5) is 24.6. The number of rotatable bonds is 5. The molecule has 0 saturated heterocycles. The number of carbonyl (C=O) groups excluding carboxylic acids is 1. The second-order valence-electron chi connectivity index (χ2n) is 5.90. The largest absolute Gasteiger partial charge is 0.424 e. The number of nitrogens with one attached hydrogen (secondary N) is 1. The van der Waals surface area contributed by atoms with E-state index in [1.165, 1.54) is 6.08 Å². The minimum absolute atomic E-state index is 0.229. The van der Waals surface area contributed by atoms with Crippen molar-refractivity contribution >= 4 is 28.6 Å². The summed E-state index contributed by atoms with van der Waals surface area (Å²) in [6.45, 7) is 0. The Kier molecular flexibility index (Phi) is 5.02. The first kappa shape index (κ1) is 17.4. The third-order valence-electron chi connectivity index (χ3n) is 3.95. The van der Waals surface area contributed by atoms with Gasteiger partial charge < -0.3 is 10.1 Å². The number of carbonyl (C=O) groups is 1. The van der Waals surface area contributed by atoms with Crippen molar-refractivity contribution < 1.29 is 9.53 Å². The van der Waals surface area contributed by atoms with Gasteiger partial charge in [-0.3, -0.25) is 9.78 Å². The van der Waals surface area contributed by atoms with Crippen molar-refractivity contribution in [2.24, 2.45) is 0 Å². The Hall–Kier alpha value is -4.06. The lowest BCUT2D eigenvalue weighted by molar-refractivity contribution is -0.111. The average molecular weight is 368 g/mol. The summed E-state index contributed by atoms with van der Waals surface area (Å²) in [5.41, 5.74) is 2.41. The van der Waals surface area contributed by atoms with Gasteiger partial charge in [-0.05, 0) is 42.5 Å². The van der Waals surface area contributed by atoms with E-state index in [1.54, 1.807) is 55.0 Å². The minimum atomic E-state index is -0.229. The molecule has 2 heterocycles. The van der Waals surface area contributed by atoms with E-state index < -0.39 is 0 Å². The summed E-state index contributed by atoms with van der Waals surface area (Å²) in [7, 11) is 0. The molecule has 0 saturated carbocycles. The van der Waals surface area contributed by atoms with E-state index in [1.807, 2.05) is 30.3 Å².